The quantitative estimate of drug-likeness (QED) is 0.603. The van der Waals surface area contributed by atoms with Crippen LogP contribution in [0.1, 0.15) is 52.4 Å². The van der Waals surface area contributed by atoms with Crippen LogP contribution >= 0.6 is 0 Å². The molecule has 0 bridgehead atoms. The summed E-state index contributed by atoms with van der Waals surface area (Å²) in [5.74, 6) is -0.790. The van der Waals surface area contributed by atoms with Crippen molar-refractivity contribution in [3.05, 3.63) is 0 Å². The van der Waals surface area contributed by atoms with Crippen molar-refractivity contribution in [3.8, 4) is 0 Å². The molecule has 118 valence electrons. The molecule has 1 saturated heterocycles. The number of carbonyl (C=O) groups is 1. The molecule has 1 aliphatic heterocycles. The molecule has 1 heterocycles. The van der Waals surface area contributed by atoms with E-state index in [0.717, 1.165) is 38.8 Å². The highest BCUT2D eigenvalue weighted by atomic mass is 16.5. The van der Waals surface area contributed by atoms with E-state index < -0.39 is 11.5 Å². The van der Waals surface area contributed by atoms with Crippen LogP contribution in [0.25, 0.3) is 0 Å². The van der Waals surface area contributed by atoms with Gasteiger partial charge >= 0.3 is 5.97 Å². The van der Waals surface area contributed by atoms with Gasteiger partial charge in [-0.1, -0.05) is 6.92 Å². The van der Waals surface area contributed by atoms with Crippen LogP contribution in [0.4, 0.5) is 0 Å². The Hall–Kier alpha value is -0.650. The fourth-order valence-corrected chi connectivity index (χ4v) is 2.35. The van der Waals surface area contributed by atoms with Crippen LogP contribution in [-0.2, 0) is 14.3 Å². The summed E-state index contributed by atoms with van der Waals surface area (Å²) in [6.07, 6.45) is 5.92. The van der Waals surface area contributed by atoms with E-state index in [9.17, 15) is 9.90 Å². The maximum absolute atomic E-state index is 11.3. The fourth-order valence-electron chi connectivity index (χ4n) is 2.35. The Kier molecular flexibility index (Phi) is 8.11. The zero-order chi connectivity index (χ0) is 14.8. The number of hydrogen-bond acceptors (Lipinski definition) is 4. The van der Waals surface area contributed by atoms with E-state index in [1.807, 2.05) is 6.92 Å². The molecule has 0 amide bonds. The summed E-state index contributed by atoms with van der Waals surface area (Å²) < 4.78 is 11.2. The van der Waals surface area contributed by atoms with E-state index in [4.69, 9.17) is 9.47 Å². The summed E-state index contributed by atoms with van der Waals surface area (Å²) in [4.78, 5) is 11.3. The second kappa shape index (κ2) is 9.32. The number of hydrogen-bond donors (Lipinski definition) is 2. The smallest absolute Gasteiger partial charge is 0.323 e. The van der Waals surface area contributed by atoms with E-state index >= 15 is 0 Å². The zero-order valence-electron chi connectivity index (χ0n) is 12.8. The lowest BCUT2D eigenvalue weighted by Crippen LogP contribution is -2.49. The lowest BCUT2D eigenvalue weighted by atomic mass is 9.96. The van der Waals surface area contributed by atoms with Crippen LogP contribution in [0.5, 0.6) is 0 Å². The Balaban J connectivity index is 2.15. The van der Waals surface area contributed by atoms with E-state index in [1.165, 1.54) is 6.42 Å². The predicted octanol–water partition coefficient (Wildman–Crippen LogP) is 2.20. The zero-order valence-corrected chi connectivity index (χ0v) is 12.8. The van der Waals surface area contributed by atoms with E-state index in [0.29, 0.717) is 19.6 Å². The molecule has 1 aliphatic rings. The second-order valence-corrected chi connectivity index (χ2v) is 5.73. The Labute approximate surface area is 122 Å². The second-order valence-electron chi connectivity index (χ2n) is 5.73. The topological polar surface area (TPSA) is 67.8 Å². The van der Waals surface area contributed by atoms with Crippen LogP contribution in [0.3, 0.4) is 0 Å². The molecule has 0 aliphatic carbocycles. The molecule has 0 aromatic rings. The first-order chi connectivity index (χ1) is 9.58. The molecule has 1 rings (SSSR count). The van der Waals surface area contributed by atoms with Crippen molar-refractivity contribution < 1.29 is 19.4 Å². The number of ether oxygens (including phenoxy) is 2. The Morgan fingerprint density at radius 1 is 1.50 bits per heavy atom. The molecule has 0 saturated carbocycles. The molecule has 5 heteroatoms. The van der Waals surface area contributed by atoms with Gasteiger partial charge in [0.2, 0.25) is 0 Å². The molecule has 0 aromatic carbocycles. The van der Waals surface area contributed by atoms with Crippen molar-refractivity contribution in [2.75, 3.05) is 26.4 Å². The van der Waals surface area contributed by atoms with Gasteiger partial charge in [0.15, 0.2) is 0 Å². The van der Waals surface area contributed by atoms with Crippen molar-refractivity contribution in [1.29, 1.82) is 0 Å². The normalized spacial score (nSPS) is 22.4. The number of carboxylic acids is 1. The van der Waals surface area contributed by atoms with Crippen molar-refractivity contribution in [1.82, 2.24) is 5.32 Å². The van der Waals surface area contributed by atoms with Crippen LogP contribution in [-0.4, -0.2) is 49.1 Å². The van der Waals surface area contributed by atoms with Crippen LogP contribution in [0.15, 0.2) is 0 Å². The summed E-state index contributed by atoms with van der Waals surface area (Å²) in [7, 11) is 0. The minimum absolute atomic E-state index is 0.229. The number of nitrogens with one attached hydrogen (secondary N) is 1. The van der Waals surface area contributed by atoms with E-state index in [1.54, 1.807) is 6.92 Å². The molecule has 0 aromatic heterocycles. The molecule has 2 atom stereocenters. The summed E-state index contributed by atoms with van der Waals surface area (Å²) in [6.45, 7) is 6.56. The van der Waals surface area contributed by atoms with Crippen molar-refractivity contribution in [3.63, 3.8) is 0 Å². The van der Waals surface area contributed by atoms with Crippen LogP contribution < -0.4 is 5.32 Å². The van der Waals surface area contributed by atoms with Gasteiger partial charge in [0.1, 0.15) is 5.54 Å². The third-order valence-corrected chi connectivity index (χ3v) is 3.78. The fraction of sp³-hybridized carbons (Fsp3) is 0.933. The van der Waals surface area contributed by atoms with Gasteiger partial charge in [-0.05, 0) is 52.0 Å². The number of rotatable bonds is 10. The van der Waals surface area contributed by atoms with Gasteiger partial charge < -0.3 is 19.9 Å². The van der Waals surface area contributed by atoms with Gasteiger partial charge in [-0.25, -0.2) is 0 Å². The van der Waals surface area contributed by atoms with E-state index in [-0.39, 0.29) is 6.10 Å². The van der Waals surface area contributed by atoms with Crippen molar-refractivity contribution in [2.45, 2.75) is 64.0 Å². The Bertz CT molecular complexity index is 279. The van der Waals surface area contributed by atoms with Gasteiger partial charge in [-0.2, -0.15) is 0 Å². The minimum Gasteiger partial charge on any atom is -0.480 e. The Morgan fingerprint density at radius 2 is 2.30 bits per heavy atom. The molecular weight excluding hydrogens is 258 g/mol. The first-order valence-corrected chi connectivity index (χ1v) is 7.76. The van der Waals surface area contributed by atoms with Crippen LogP contribution in [0.2, 0.25) is 0 Å². The van der Waals surface area contributed by atoms with Crippen LogP contribution in [0, 0.1) is 0 Å². The molecule has 0 radical (unpaired) electrons. The van der Waals surface area contributed by atoms with Gasteiger partial charge in [0, 0.05) is 13.2 Å². The minimum atomic E-state index is -0.847. The van der Waals surface area contributed by atoms with Gasteiger partial charge in [0.25, 0.3) is 0 Å². The van der Waals surface area contributed by atoms with Gasteiger partial charge in [-0.3, -0.25) is 4.79 Å². The third-order valence-electron chi connectivity index (χ3n) is 3.78. The highest BCUT2D eigenvalue weighted by Crippen LogP contribution is 2.15. The first kappa shape index (κ1) is 17.4. The third kappa shape index (κ3) is 6.20. The maximum Gasteiger partial charge on any atom is 0.323 e. The highest BCUT2D eigenvalue weighted by molar-refractivity contribution is 5.78. The largest absolute Gasteiger partial charge is 0.480 e. The maximum atomic E-state index is 11.3. The van der Waals surface area contributed by atoms with Crippen molar-refractivity contribution in [2.24, 2.45) is 0 Å². The summed E-state index contributed by atoms with van der Waals surface area (Å²) in [5, 5.41) is 12.4. The molecule has 1 fully saturated rings. The monoisotopic (exact) mass is 287 g/mol. The van der Waals surface area contributed by atoms with Gasteiger partial charge in [-0.15, -0.1) is 0 Å². The average Bonchev–Trinajstić information content (AvgIpc) is 2.45. The molecule has 0 spiro atoms. The molecule has 20 heavy (non-hydrogen) atoms. The highest BCUT2D eigenvalue weighted by Gasteiger charge is 2.31. The number of aliphatic carboxylic acids is 1. The van der Waals surface area contributed by atoms with Gasteiger partial charge in [0.05, 0.1) is 12.7 Å². The molecule has 5 nitrogen and oxygen atoms in total. The average molecular weight is 287 g/mol. The molecule has 2 N–H and O–H groups in total. The standard InChI is InChI=1S/C15H29NO4/c1-3-9-16-15(2,14(17)18)8-6-10-19-12-13-7-4-5-11-20-13/h13,16H,3-12H2,1-2H3,(H,17,18). The summed E-state index contributed by atoms with van der Waals surface area (Å²) >= 11 is 0. The lowest BCUT2D eigenvalue weighted by molar-refractivity contribution is -0.144. The molecular formula is C15H29NO4. The number of carboxylic acid groups (broad SMARTS) is 1. The first-order valence-electron chi connectivity index (χ1n) is 7.76. The summed E-state index contributed by atoms with van der Waals surface area (Å²) in [5.41, 5.74) is -0.847. The molecule has 2 unspecified atom stereocenters. The SMILES string of the molecule is CCCNC(C)(CCCOCC1CCCCO1)C(=O)O. The van der Waals surface area contributed by atoms with E-state index in [2.05, 4.69) is 5.32 Å². The predicted molar refractivity (Wildman–Crippen MR) is 78.0 cm³/mol. The summed E-state index contributed by atoms with van der Waals surface area (Å²) in [6, 6.07) is 0. The lowest BCUT2D eigenvalue weighted by Gasteiger charge is -2.26. The Morgan fingerprint density at radius 3 is 2.90 bits per heavy atom. The van der Waals surface area contributed by atoms with Crippen molar-refractivity contribution >= 4 is 5.97 Å².